The summed E-state index contributed by atoms with van der Waals surface area (Å²) >= 11 is 6.08. The summed E-state index contributed by atoms with van der Waals surface area (Å²) < 4.78 is 68.2. The number of hydrogen-bond acceptors (Lipinski definition) is 6. The van der Waals surface area contributed by atoms with Gasteiger partial charge in [0, 0.05) is 41.5 Å². The lowest BCUT2D eigenvalue weighted by Gasteiger charge is -2.32. The number of carbonyl (C=O) groups excluding carboxylic acids is 1. The van der Waals surface area contributed by atoms with E-state index in [1.165, 1.54) is 12.0 Å². The first-order valence-electron chi connectivity index (χ1n) is 13.4. The molecular formula is C30H27ClF4N2O6. The molecule has 2 aliphatic rings. The van der Waals surface area contributed by atoms with Crippen molar-refractivity contribution in [3.63, 3.8) is 0 Å². The topological polar surface area (TPSA) is 97.3 Å². The van der Waals surface area contributed by atoms with Gasteiger partial charge in [0.1, 0.15) is 17.5 Å². The van der Waals surface area contributed by atoms with E-state index in [1.54, 1.807) is 42.5 Å². The van der Waals surface area contributed by atoms with Crippen LogP contribution in [-0.4, -0.2) is 43.6 Å². The van der Waals surface area contributed by atoms with Crippen LogP contribution in [0.5, 0.6) is 17.2 Å². The fourth-order valence-corrected chi connectivity index (χ4v) is 5.35. The molecule has 2 N–H and O–H groups in total. The summed E-state index contributed by atoms with van der Waals surface area (Å²) in [5.41, 5.74) is 1.44. The first-order chi connectivity index (χ1) is 20.4. The molecule has 0 saturated heterocycles. The second-order valence-electron chi connectivity index (χ2n) is 10.4. The number of ether oxygens (including phenoxy) is 3. The zero-order valence-corrected chi connectivity index (χ0v) is 23.5. The van der Waals surface area contributed by atoms with Crippen molar-refractivity contribution < 1.29 is 46.5 Å². The molecular weight excluding hydrogens is 596 g/mol. The van der Waals surface area contributed by atoms with Gasteiger partial charge in [-0.1, -0.05) is 23.7 Å². The number of nitrogens with zero attached hydrogens (tertiary/aromatic N) is 1. The molecule has 3 aromatic carbocycles. The number of anilines is 2. The van der Waals surface area contributed by atoms with Crippen LogP contribution in [0.4, 0.5) is 28.9 Å². The van der Waals surface area contributed by atoms with E-state index < -0.39 is 35.8 Å². The number of hydrogen-bond donors (Lipinski definition) is 2. The normalized spacial score (nSPS) is 18.3. The number of amides is 1. The van der Waals surface area contributed by atoms with Crippen LogP contribution in [0.1, 0.15) is 30.0 Å². The number of carbonyl (C=O) groups is 2. The molecule has 0 radical (unpaired) electrons. The highest BCUT2D eigenvalue weighted by atomic mass is 35.5. The number of halogens is 5. The smallest absolute Gasteiger partial charge is 0.497 e. The molecule has 0 bridgehead atoms. The molecule has 1 saturated carbocycles. The van der Waals surface area contributed by atoms with Gasteiger partial charge in [0.2, 0.25) is 0 Å². The van der Waals surface area contributed by atoms with Gasteiger partial charge in [-0.2, -0.15) is 0 Å². The van der Waals surface area contributed by atoms with Crippen molar-refractivity contribution in [2.75, 3.05) is 30.5 Å². The Morgan fingerprint density at radius 3 is 2.44 bits per heavy atom. The van der Waals surface area contributed by atoms with Gasteiger partial charge >= 0.3 is 12.3 Å². The molecule has 43 heavy (non-hydrogen) atoms. The number of methoxy groups -OCH3 is 1. The van der Waals surface area contributed by atoms with E-state index in [4.69, 9.17) is 26.2 Å². The number of fused-ring (bicyclic) bond motifs is 1. The Morgan fingerprint density at radius 1 is 1.09 bits per heavy atom. The monoisotopic (exact) mass is 622 g/mol. The molecule has 1 heterocycles. The fraction of sp³-hybridized carbons (Fsp3) is 0.333. The van der Waals surface area contributed by atoms with Gasteiger partial charge in [0.25, 0.3) is 5.91 Å². The Morgan fingerprint density at radius 2 is 1.79 bits per heavy atom. The van der Waals surface area contributed by atoms with Crippen molar-refractivity contribution >= 4 is 34.9 Å². The van der Waals surface area contributed by atoms with Gasteiger partial charge in [-0.25, -0.2) is 4.39 Å². The Balaban J connectivity index is 1.41. The molecule has 1 atom stereocenters. The summed E-state index contributed by atoms with van der Waals surface area (Å²) in [7, 11) is 1.47. The van der Waals surface area contributed by atoms with Crippen molar-refractivity contribution in [2.45, 2.75) is 31.7 Å². The van der Waals surface area contributed by atoms with Crippen LogP contribution in [-0.2, 0) is 16.0 Å². The van der Waals surface area contributed by atoms with Gasteiger partial charge in [0.05, 0.1) is 25.3 Å². The van der Waals surface area contributed by atoms with Gasteiger partial charge in [-0.15, -0.1) is 13.2 Å². The Labute approximate surface area is 249 Å². The second kappa shape index (κ2) is 12.2. The molecule has 3 aromatic rings. The lowest BCUT2D eigenvalue weighted by atomic mass is 9.75. The van der Waals surface area contributed by atoms with Gasteiger partial charge in [0.15, 0.2) is 11.6 Å². The van der Waals surface area contributed by atoms with Gasteiger partial charge < -0.3 is 29.5 Å². The number of aliphatic carboxylic acids is 1. The molecule has 1 amide bonds. The van der Waals surface area contributed by atoms with Gasteiger partial charge in [-0.3, -0.25) is 9.59 Å². The molecule has 0 aromatic heterocycles. The largest absolute Gasteiger partial charge is 0.573 e. The number of alkyl halides is 3. The van der Waals surface area contributed by atoms with Crippen LogP contribution < -0.4 is 24.4 Å². The molecule has 13 heteroatoms. The summed E-state index contributed by atoms with van der Waals surface area (Å²) in [6, 6.07) is 12.2. The summed E-state index contributed by atoms with van der Waals surface area (Å²) in [5, 5.41) is 12.7. The molecule has 228 valence electrons. The van der Waals surface area contributed by atoms with E-state index in [1.807, 2.05) is 0 Å². The summed E-state index contributed by atoms with van der Waals surface area (Å²) in [5.74, 6) is -2.96. The van der Waals surface area contributed by atoms with Crippen molar-refractivity contribution in [3.8, 4) is 17.2 Å². The average Bonchev–Trinajstić information content (AvgIpc) is 3.32. The predicted molar refractivity (Wildman–Crippen MR) is 149 cm³/mol. The van der Waals surface area contributed by atoms with E-state index in [-0.39, 0.29) is 30.5 Å². The second-order valence-corrected chi connectivity index (χ2v) is 10.8. The number of carboxylic acids is 1. The Kier molecular flexibility index (Phi) is 8.59. The number of benzene rings is 3. The van der Waals surface area contributed by atoms with Crippen LogP contribution in [0, 0.1) is 17.7 Å². The van der Waals surface area contributed by atoms with E-state index in [0.29, 0.717) is 52.8 Å². The maximum atomic E-state index is 14.4. The molecule has 8 nitrogen and oxygen atoms in total. The van der Waals surface area contributed by atoms with Crippen LogP contribution >= 0.6 is 11.6 Å². The maximum Gasteiger partial charge on any atom is 0.573 e. The van der Waals surface area contributed by atoms with Crippen molar-refractivity contribution in [3.05, 3.63) is 76.6 Å². The first-order valence-corrected chi connectivity index (χ1v) is 13.7. The summed E-state index contributed by atoms with van der Waals surface area (Å²) in [4.78, 5) is 26.4. The Bertz CT molecular complexity index is 1510. The lowest BCUT2D eigenvalue weighted by molar-refractivity contribution is -0.275. The average molecular weight is 623 g/mol. The number of nitrogens with one attached hydrogen (secondary N) is 1. The van der Waals surface area contributed by atoms with Crippen LogP contribution in [0.3, 0.4) is 0 Å². The third kappa shape index (κ3) is 7.07. The molecule has 5 rings (SSSR count). The summed E-state index contributed by atoms with van der Waals surface area (Å²) in [6.45, 7) is 0.416. The lowest BCUT2D eigenvalue weighted by Crippen LogP contribution is -2.37. The number of rotatable bonds is 10. The van der Waals surface area contributed by atoms with Gasteiger partial charge in [-0.05, 0) is 54.5 Å². The van der Waals surface area contributed by atoms with E-state index in [0.717, 1.165) is 12.1 Å². The maximum absolute atomic E-state index is 14.4. The van der Waals surface area contributed by atoms with Crippen LogP contribution in [0.2, 0.25) is 5.02 Å². The first kappa shape index (κ1) is 30.3. The molecule has 0 spiro atoms. The van der Waals surface area contributed by atoms with E-state index in [9.17, 15) is 27.2 Å². The van der Waals surface area contributed by atoms with E-state index in [2.05, 4.69) is 10.1 Å². The predicted octanol–water partition coefficient (Wildman–Crippen LogP) is 6.62. The van der Waals surface area contributed by atoms with Crippen molar-refractivity contribution in [1.82, 2.24) is 0 Å². The highest BCUT2D eigenvalue weighted by Gasteiger charge is 2.37. The molecule has 1 aliphatic heterocycles. The highest BCUT2D eigenvalue weighted by molar-refractivity contribution is 6.30. The van der Waals surface area contributed by atoms with Crippen molar-refractivity contribution in [2.24, 2.45) is 11.8 Å². The standard InChI is InChI=1S/C30H27ClF4N2O6/c1-41-22-11-21(12-23(13-22)42-15-16-8-19(9-16)29(39)40)36-27(17-2-4-20(31)5-3-17)28(38)37-7-6-18-10-24(32)26(14-25(18)37)43-30(33,34)35/h2-5,10-14,16,19,27,36H,6-9,15H2,1H3,(H,39,40). The third-order valence-corrected chi connectivity index (χ3v) is 7.72. The quantitative estimate of drug-likeness (QED) is 0.245. The highest BCUT2D eigenvalue weighted by Crippen LogP contribution is 2.39. The minimum atomic E-state index is -5.11. The zero-order valence-electron chi connectivity index (χ0n) is 22.8. The molecule has 1 unspecified atom stereocenters. The zero-order chi connectivity index (χ0) is 30.9. The summed E-state index contributed by atoms with van der Waals surface area (Å²) in [6.07, 6.45) is -3.83. The molecule has 1 fully saturated rings. The molecule has 1 aliphatic carbocycles. The minimum absolute atomic E-state index is 0.0957. The van der Waals surface area contributed by atoms with Crippen LogP contribution in [0.25, 0.3) is 0 Å². The Hall–Kier alpha value is -4.19. The third-order valence-electron chi connectivity index (χ3n) is 7.47. The van der Waals surface area contributed by atoms with E-state index >= 15 is 0 Å². The van der Waals surface area contributed by atoms with Crippen molar-refractivity contribution in [1.29, 1.82) is 0 Å². The SMILES string of the molecule is COc1cc(NC(C(=O)N2CCc3cc(F)c(OC(F)(F)F)cc32)c2ccc(Cl)cc2)cc(OCC2CC(C(=O)O)C2)c1. The fourth-order valence-electron chi connectivity index (χ4n) is 5.23. The minimum Gasteiger partial charge on any atom is -0.497 e. The van der Waals surface area contributed by atoms with Crippen LogP contribution in [0.15, 0.2) is 54.6 Å². The number of carboxylic acid groups (broad SMARTS) is 1.